The molecule has 0 unspecified atom stereocenters. The molecule has 142 valence electrons. The number of amides is 2. The fourth-order valence-corrected chi connectivity index (χ4v) is 3.08. The first-order chi connectivity index (χ1) is 13.1. The van der Waals surface area contributed by atoms with Crippen molar-refractivity contribution in [2.75, 3.05) is 32.7 Å². The highest BCUT2D eigenvalue weighted by Crippen LogP contribution is 2.14. The van der Waals surface area contributed by atoms with Crippen LogP contribution in [0.5, 0.6) is 5.75 Å². The maximum absolute atomic E-state index is 12.4. The van der Waals surface area contributed by atoms with Gasteiger partial charge in [-0.2, -0.15) is 0 Å². The zero-order valence-electron chi connectivity index (χ0n) is 15.2. The van der Waals surface area contributed by atoms with Crippen molar-refractivity contribution >= 4 is 12.0 Å². The lowest BCUT2D eigenvalue weighted by Crippen LogP contribution is -2.37. The molecule has 2 amide bonds. The number of pyridine rings is 1. The van der Waals surface area contributed by atoms with Gasteiger partial charge >= 0.3 is 6.09 Å². The van der Waals surface area contributed by atoms with Crippen LogP contribution in [0, 0.1) is 0 Å². The molecule has 1 aliphatic rings. The summed E-state index contributed by atoms with van der Waals surface area (Å²) >= 11 is 0. The number of hydrogen-bond donors (Lipinski definition) is 1. The van der Waals surface area contributed by atoms with E-state index in [4.69, 9.17) is 10.5 Å². The van der Waals surface area contributed by atoms with Crippen LogP contribution in [0.25, 0.3) is 0 Å². The van der Waals surface area contributed by atoms with Gasteiger partial charge in [0.2, 0.25) is 5.91 Å². The second kappa shape index (κ2) is 9.14. The number of nitrogens with two attached hydrogens (primary N) is 1. The summed E-state index contributed by atoms with van der Waals surface area (Å²) in [5.41, 5.74) is 6.76. The molecule has 0 atom stereocenters. The van der Waals surface area contributed by atoms with Gasteiger partial charge in [-0.1, -0.05) is 30.3 Å². The lowest BCUT2D eigenvalue weighted by atomic mass is 10.1. The van der Waals surface area contributed by atoms with Crippen molar-refractivity contribution in [2.24, 2.45) is 5.73 Å². The number of primary amides is 1. The van der Waals surface area contributed by atoms with Crippen LogP contribution in [-0.4, -0.2) is 59.5 Å². The average Bonchev–Trinajstić information content (AvgIpc) is 2.93. The van der Waals surface area contributed by atoms with Gasteiger partial charge in [0.15, 0.2) is 5.75 Å². The van der Waals surface area contributed by atoms with Gasteiger partial charge in [0.1, 0.15) is 0 Å². The van der Waals surface area contributed by atoms with Crippen LogP contribution in [0.2, 0.25) is 0 Å². The van der Waals surface area contributed by atoms with Crippen LogP contribution in [0.3, 0.4) is 0 Å². The van der Waals surface area contributed by atoms with Gasteiger partial charge in [0, 0.05) is 32.4 Å². The fraction of sp³-hybridized carbons (Fsp3) is 0.350. The molecule has 2 aromatic rings. The first-order valence-corrected chi connectivity index (χ1v) is 9.10. The number of rotatable bonds is 5. The van der Waals surface area contributed by atoms with Crippen molar-refractivity contribution in [3.63, 3.8) is 0 Å². The van der Waals surface area contributed by atoms with Gasteiger partial charge in [0.25, 0.3) is 0 Å². The van der Waals surface area contributed by atoms with Crippen LogP contribution in [-0.2, 0) is 6.42 Å². The predicted molar refractivity (Wildman–Crippen MR) is 102 cm³/mol. The largest absolute Gasteiger partial charge is 0.415 e. The Morgan fingerprint density at radius 3 is 2.67 bits per heavy atom. The molecule has 0 bridgehead atoms. The molecule has 7 heteroatoms. The number of benzene rings is 1. The third-order valence-electron chi connectivity index (χ3n) is 4.61. The lowest BCUT2D eigenvalue weighted by molar-refractivity contribution is 0.0999. The summed E-state index contributed by atoms with van der Waals surface area (Å²) in [4.78, 5) is 31.6. The van der Waals surface area contributed by atoms with Crippen LogP contribution < -0.4 is 10.5 Å². The van der Waals surface area contributed by atoms with Crippen LogP contribution in [0.15, 0.2) is 48.8 Å². The van der Waals surface area contributed by atoms with E-state index in [1.807, 2.05) is 6.07 Å². The number of nitrogens with zero attached hydrogens (tertiary/aromatic N) is 3. The first kappa shape index (κ1) is 18.8. The Kier molecular flexibility index (Phi) is 6.38. The Balaban J connectivity index is 1.50. The molecule has 3 rings (SSSR count). The van der Waals surface area contributed by atoms with E-state index in [1.165, 1.54) is 24.0 Å². The molecule has 0 aliphatic carbocycles. The van der Waals surface area contributed by atoms with E-state index in [0.717, 1.165) is 32.5 Å². The number of ether oxygens (including phenoxy) is 1. The molecule has 1 aliphatic heterocycles. The molecule has 0 spiro atoms. The average molecular weight is 368 g/mol. The Hall–Kier alpha value is -2.93. The summed E-state index contributed by atoms with van der Waals surface area (Å²) in [5.74, 6) is -0.384. The maximum atomic E-state index is 12.4. The molecule has 27 heavy (non-hydrogen) atoms. The Bertz CT molecular complexity index is 782. The zero-order valence-corrected chi connectivity index (χ0v) is 15.2. The summed E-state index contributed by atoms with van der Waals surface area (Å²) in [6, 6.07) is 11.8. The Morgan fingerprint density at radius 2 is 1.89 bits per heavy atom. The monoisotopic (exact) mass is 368 g/mol. The van der Waals surface area contributed by atoms with E-state index >= 15 is 0 Å². The van der Waals surface area contributed by atoms with E-state index in [-0.39, 0.29) is 11.3 Å². The highest BCUT2D eigenvalue weighted by atomic mass is 16.6. The van der Waals surface area contributed by atoms with Crippen molar-refractivity contribution in [1.82, 2.24) is 14.8 Å². The van der Waals surface area contributed by atoms with Crippen molar-refractivity contribution in [3.05, 3.63) is 59.9 Å². The van der Waals surface area contributed by atoms with Crippen molar-refractivity contribution < 1.29 is 14.3 Å². The molecule has 1 saturated heterocycles. The van der Waals surface area contributed by atoms with Gasteiger partial charge in [-0.05, 0) is 31.0 Å². The zero-order chi connectivity index (χ0) is 19.1. The molecular formula is C20H24N4O3. The maximum Gasteiger partial charge on any atom is 0.415 e. The lowest BCUT2D eigenvalue weighted by Gasteiger charge is -2.21. The minimum Gasteiger partial charge on any atom is -0.409 e. The quantitative estimate of drug-likeness (QED) is 0.871. The number of hydrogen-bond acceptors (Lipinski definition) is 5. The number of carbonyl (C=O) groups is 2. The molecule has 1 fully saturated rings. The fourth-order valence-electron chi connectivity index (χ4n) is 3.08. The van der Waals surface area contributed by atoms with E-state index in [0.29, 0.717) is 13.1 Å². The molecule has 0 saturated carbocycles. The molecule has 2 N–H and O–H groups in total. The molecule has 7 nitrogen and oxygen atoms in total. The van der Waals surface area contributed by atoms with Gasteiger partial charge in [0.05, 0.1) is 11.8 Å². The van der Waals surface area contributed by atoms with Gasteiger partial charge in [-0.25, -0.2) is 4.79 Å². The van der Waals surface area contributed by atoms with Crippen molar-refractivity contribution in [2.45, 2.75) is 12.8 Å². The number of aromatic nitrogens is 1. The number of carbonyl (C=O) groups excluding carboxylic acids is 2. The van der Waals surface area contributed by atoms with E-state index in [2.05, 4.69) is 34.1 Å². The molecule has 1 aromatic carbocycles. The van der Waals surface area contributed by atoms with Gasteiger partial charge in [-0.3, -0.25) is 9.78 Å². The van der Waals surface area contributed by atoms with E-state index < -0.39 is 12.0 Å². The van der Waals surface area contributed by atoms with Gasteiger partial charge in [-0.15, -0.1) is 0 Å². The minimum absolute atomic E-state index is 0.211. The highest BCUT2D eigenvalue weighted by Gasteiger charge is 2.21. The molecular weight excluding hydrogens is 344 g/mol. The SMILES string of the molecule is NC(=O)c1cncc(OC(=O)N2CCCN(CCc3ccccc3)CC2)c1. The second-order valence-electron chi connectivity index (χ2n) is 6.56. The Labute approximate surface area is 158 Å². The summed E-state index contributed by atoms with van der Waals surface area (Å²) in [7, 11) is 0. The van der Waals surface area contributed by atoms with E-state index in [9.17, 15) is 9.59 Å². The van der Waals surface area contributed by atoms with Crippen molar-refractivity contribution in [1.29, 1.82) is 0 Å². The second-order valence-corrected chi connectivity index (χ2v) is 6.56. The third-order valence-corrected chi connectivity index (χ3v) is 4.61. The highest BCUT2D eigenvalue weighted by molar-refractivity contribution is 5.92. The normalized spacial score (nSPS) is 15.2. The third kappa shape index (κ3) is 5.52. The van der Waals surface area contributed by atoms with Gasteiger partial charge < -0.3 is 20.3 Å². The first-order valence-electron chi connectivity index (χ1n) is 9.10. The van der Waals surface area contributed by atoms with Crippen LogP contribution >= 0.6 is 0 Å². The van der Waals surface area contributed by atoms with E-state index in [1.54, 1.807) is 4.90 Å². The molecule has 2 heterocycles. The Morgan fingerprint density at radius 1 is 1.07 bits per heavy atom. The van der Waals surface area contributed by atoms with Crippen LogP contribution in [0.4, 0.5) is 4.79 Å². The predicted octanol–water partition coefficient (Wildman–Crippen LogP) is 1.93. The smallest absolute Gasteiger partial charge is 0.409 e. The van der Waals surface area contributed by atoms with Crippen LogP contribution in [0.1, 0.15) is 22.3 Å². The standard InChI is InChI=1S/C20H24N4O3/c21-19(25)17-13-18(15-22-14-17)27-20(26)24-9-4-8-23(11-12-24)10-7-16-5-2-1-3-6-16/h1-3,5-6,13-15H,4,7-12H2,(H2,21,25). The summed E-state index contributed by atoms with van der Waals surface area (Å²) in [6.45, 7) is 3.98. The summed E-state index contributed by atoms with van der Waals surface area (Å²) in [6.07, 6.45) is 4.20. The molecule has 0 radical (unpaired) electrons. The molecule has 1 aromatic heterocycles. The van der Waals surface area contributed by atoms with Crippen molar-refractivity contribution in [3.8, 4) is 5.75 Å². The summed E-state index contributed by atoms with van der Waals surface area (Å²) in [5, 5.41) is 0. The topological polar surface area (TPSA) is 88.8 Å². The summed E-state index contributed by atoms with van der Waals surface area (Å²) < 4.78 is 5.36. The minimum atomic E-state index is -0.607.